The van der Waals surface area contributed by atoms with E-state index < -0.39 is 5.97 Å². The zero-order valence-electron chi connectivity index (χ0n) is 15.1. The summed E-state index contributed by atoms with van der Waals surface area (Å²) in [6, 6.07) is 11.7. The minimum Gasteiger partial charge on any atom is -0.480 e. The quantitative estimate of drug-likeness (QED) is 0.743. The first kappa shape index (κ1) is 17.7. The Morgan fingerprint density at radius 2 is 1.93 bits per heavy atom. The summed E-state index contributed by atoms with van der Waals surface area (Å²) in [6.45, 7) is 0.947. The number of amides is 1. The van der Waals surface area contributed by atoms with E-state index in [1.165, 1.54) is 12.8 Å². The smallest absolute Gasteiger partial charge is 0.317 e. The predicted octanol–water partition coefficient (Wildman–Crippen LogP) is 1.93. The number of carbonyl (C=O) groups excluding carboxylic acids is 1. The molecule has 0 atom stereocenters. The van der Waals surface area contributed by atoms with Crippen molar-refractivity contribution in [2.45, 2.75) is 37.8 Å². The monoisotopic (exact) mass is 368 g/mol. The molecule has 1 heterocycles. The number of nitrogens with one attached hydrogen (secondary N) is 1. The number of hydrogen-bond acceptors (Lipinski definition) is 4. The van der Waals surface area contributed by atoms with Crippen molar-refractivity contribution in [1.29, 1.82) is 0 Å². The molecule has 0 unspecified atom stereocenters. The number of aliphatic carboxylic acids is 1. The zero-order valence-corrected chi connectivity index (χ0v) is 15.1. The standard InChI is InChI=1S/C20H24N4O3/c25-19(26)13-23(12-14-6-7-14)17-10-15(11-17)21-20(27)18-8-9-24(22-18)16-4-2-1-3-5-16/h1-5,8-9,14-15,17H,6-7,10-13H2,(H,21,27)(H,25,26). The van der Waals surface area contributed by atoms with Crippen molar-refractivity contribution in [1.82, 2.24) is 20.0 Å². The van der Waals surface area contributed by atoms with Gasteiger partial charge in [-0.05, 0) is 49.8 Å². The van der Waals surface area contributed by atoms with Crippen LogP contribution in [-0.2, 0) is 4.79 Å². The van der Waals surface area contributed by atoms with Crippen LogP contribution in [-0.4, -0.2) is 56.8 Å². The van der Waals surface area contributed by atoms with Crippen molar-refractivity contribution in [2.75, 3.05) is 13.1 Å². The van der Waals surface area contributed by atoms with E-state index in [4.69, 9.17) is 5.11 Å². The first-order valence-corrected chi connectivity index (χ1v) is 9.46. The first-order valence-electron chi connectivity index (χ1n) is 9.46. The Morgan fingerprint density at radius 1 is 1.19 bits per heavy atom. The molecule has 142 valence electrons. The number of benzene rings is 1. The third-order valence-corrected chi connectivity index (χ3v) is 5.34. The van der Waals surface area contributed by atoms with Crippen LogP contribution in [0.2, 0.25) is 0 Å². The third kappa shape index (κ3) is 4.36. The fourth-order valence-corrected chi connectivity index (χ4v) is 3.58. The Balaban J connectivity index is 1.30. The van der Waals surface area contributed by atoms with Crippen LogP contribution in [0.15, 0.2) is 42.6 Å². The van der Waals surface area contributed by atoms with Crippen molar-refractivity contribution in [3.8, 4) is 5.69 Å². The lowest BCUT2D eigenvalue weighted by molar-refractivity contribution is -0.139. The summed E-state index contributed by atoms with van der Waals surface area (Å²) in [5, 5.41) is 16.5. The average molecular weight is 368 g/mol. The van der Waals surface area contributed by atoms with Crippen LogP contribution < -0.4 is 5.32 Å². The molecule has 7 heteroatoms. The van der Waals surface area contributed by atoms with Gasteiger partial charge in [-0.2, -0.15) is 5.10 Å². The molecule has 0 radical (unpaired) electrons. The summed E-state index contributed by atoms with van der Waals surface area (Å²) >= 11 is 0. The Kier molecular flexibility index (Phi) is 4.94. The van der Waals surface area contributed by atoms with E-state index in [9.17, 15) is 9.59 Å². The van der Waals surface area contributed by atoms with Gasteiger partial charge in [0.15, 0.2) is 5.69 Å². The summed E-state index contributed by atoms with van der Waals surface area (Å²) in [4.78, 5) is 25.6. The Hall–Kier alpha value is -2.67. The van der Waals surface area contributed by atoms with Crippen LogP contribution in [0, 0.1) is 5.92 Å². The van der Waals surface area contributed by atoms with Crippen LogP contribution in [0.5, 0.6) is 0 Å². The topological polar surface area (TPSA) is 87.5 Å². The van der Waals surface area contributed by atoms with E-state index >= 15 is 0 Å². The normalized spacial score (nSPS) is 21.7. The summed E-state index contributed by atoms with van der Waals surface area (Å²) in [6.07, 6.45) is 5.77. The van der Waals surface area contributed by atoms with Gasteiger partial charge in [-0.1, -0.05) is 18.2 Å². The maximum absolute atomic E-state index is 12.4. The third-order valence-electron chi connectivity index (χ3n) is 5.34. The number of hydrogen-bond donors (Lipinski definition) is 2. The van der Waals surface area contributed by atoms with Crippen LogP contribution >= 0.6 is 0 Å². The Bertz CT molecular complexity index is 810. The van der Waals surface area contributed by atoms with Gasteiger partial charge >= 0.3 is 5.97 Å². The van der Waals surface area contributed by atoms with Gasteiger partial charge in [0, 0.05) is 24.8 Å². The van der Waals surface area contributed by atoms with Crippen LogP contribution in [0.4, 0.5) is 0 Å². The highest BCUT2D eigenvalue weighted by molar-refractivity contribution is 5.92. The number of para-hydroxylation sites is 1. The Labute approximate surface area is 158 Å². The molecule has 1 amide bonds. The van der Waals surface area contributed by atoms with E-state index in [2.05, 4.69) is 15.3 Å². The molecular formula is C20H24N4O3. The summed E-state index contributed by atoms with van der Waals surface area (Å²) < 4.78 is 1.68. The highest BCUT2D eigenvalue weighted by Crippen LogP contribution is 2.33. The minimum absolute atomic E-state index is 0.0832. The van der Waals surface area contributed by atoms with Gasteiger partial charge in [-0.3, -0.25) is 14.5 Å². The van der Waals surface area contributed by atoms with Crippen molar-refractivity contribution in [3.05, 3.63) is 48.3 Å². The zero-order chi connectivity index (χ0) is 18.8. The van der Waals surface area contributed by atoms with Gasteiger partial charge in [-0.15, -0.1) is 0 Å². The fourth-order valence-electron chi connectivity index (χ4n) is 3.58. The number of rotatable bonds is 8. The lowest BCUT2D eigenvalue weighted by Crippen LogP contribution is -2.55. The van der Waals surface area contributed by atoms with Gasteiger partial charge in [0.1, 0.15) is 0 Å². The van der Waals surface area contributed by atoms with Crippen molar-refractivity contribution in [2.24, 2.45) is 5.92 Å². The van der Waals surface area contributed by atoms with E-state index in [1.54, 1.807) is 16.9 Å². The van der Waals surface area contributed by atoms with Crippen molar-refractivity contribution >= 4 is 11.9 Å². The van der Waals surface area contributed by atoms with Crippen LogP contribution in [0.25, 0.3) is 5.69 Å². The molecule has 1 aromatic heterocycles. The van der Waals surface area contributed by atoms with E-state index in [-0.39, 0.29) is 24.5 Å². The van der Waals surface area contributed by atoms with Gasteiger partial charge < -0.3 is 10.4 Å². The molecule has 2 fully saturated rings. The van der Waals surface area contributed by atoms with Crippen molar-refractivity contribution < 1.29 is 14.7 Å². The molecule has 4 rings (SSSR count). The fraction of sp³-hybridized carbons (Fsp3) is 0.450. The molecule has 2 aliphatic carbocycles. The molecule has 7 nitrogen and oxygen atoms in total. The highest BCUT2D eigenvalue weighted by atomic mass is 16.4. The maximum atomic E-state index is 12.4. The van der Waals surface area contributed by atoms with Crippen LogP contribution in [0.3, 0.4) is 0 Å². The maximum Gasteiger partial charge on any atom is 0.317 e. The van der Waals surface area contributed by atoms with Gasteiger partial charge in [0.05, 0.1) is 12.2 Å². The molecule has 27 heavy (non-hydrogen) atoms. The lowest BCUT2D eigenvalue weighted by Gasteiger charge is -2.42. The molecule has 0 aliphatic heterocycles. The average Bonchev–Trinajstić information content (AvgIpc) is 3.29. The van der Waals surface area contributed by atoms with Crippen molar-refractivity contribution in [3.63, 3.8) is 0 Å². The van der Waals surface area contributed by atoms with Crippen LogP contribution in [0.1, 0.15) is 36.2 Å². The number of carbonyl (C=O) groups is 2. The lowest BCUT2D eigenvalue weighted by atomic mass is 9.85. The summed E-state index contributed by atoms with van der Waals surface area (Å²) in [7, 11) is 0. The summed E-state index contributed by atoms with van der Waals surface area (Å²) in [5.74, 6) is -0.311. The number of carboxylic acids is 1. The van der Waals surface area contributed by atoms with Gasteiger partial charge in [-0.25, -0.2) is 4.68 Å². The highest BCUT2D eigenvalue weighted by Gasteiger charge is 2.37. The molecule has 2 saturated carbocycles. The van der Waals surface area contributed by atoms with E-state index in [0.717, 1.165) is 25.1 Å². The second-order valence-corrected chi connectivity index (χ2v) is 7.54. The largest absolute Gasteiger partial charge is 0.480 e. The molecule has 0 saturated heterocycles. The summed E-state index contributed by atoms with van der Waals surface area (Å²) in [5.41, 5.74) is 1.30. The van der Waals surface area contributed by atoms with E-state index in [1.807, 2.05) is 30.3 Å². The number of carboxylic acid groups (broad SMARTS) is 1. The SMILES string of the molecule is O=C(O)CN(CC1CC1)C1CC(NC(=O)c2ccn(-c3ccccc3)n2)C1. The van der Waals surface area contributed by atoms with E-state index in [0.29, 0.717) is 11.6 Å². The second kappa shape index (κ2) is 7.52. The molecule has 0 spiro atoms. The molecule has 0 bridgehead atoms. The molecule has 1 aromatic carbocycles. The molecule has 2 aromatic rings. The molecular weight excluding hydrogens is 344 g/mol. The number of nitrogens with zero attached hydrogens (tertiary/aromatic N) is 3. The van der Waals surface area contributed by atoms with Gasteiger partial charge in [0.2, 0.25) is 0 Å². The molecule has 2 aliphatic rings. The first-order chi connectivity index (χ1) is 13.1. The molecule has 2 N–H and O–H groups in total. The Morgan fingerprint density at radius 3 is 2.59 bits per heavy atom. The van der Waals surface area contributed by atoms with Gasteiger partial charge in [0.25, 0.3) is 5.91 Å². The predicted molar refractivity (Wildman–Crippen MR) is 99.8 cm³/mol. The second-order valence-electron chi connectivity index (χ2n) is 7.54. The minimum atomic E-state index is -0.783. The number of aromatic nitrogens is 2.